The molecule has 2 N–H and O–H groups in total. The van der Waals surface area contributed by atoms with Crippen LogP contribution in [0.2, 0.25) is 0 Å². The Morgan fingerprint density at radius 2 is 2.04 bits per heavy atom. The summed E-state index contributed by atoms with van der Waals surface area (Å²) in [4.78, 5) is 18.1. The van der Waals surface area contributed by atoms with Crippen LogP contribution in [0.1, 0.15) is 44.6 Å². The Balaban J connectivity index is 0.00000225. The Morgan fingerprint density at radius 3 is 2.72 bits per heavy atom. The van der Waals surface area contributed by atoms with E-state index in [2.05, 4.69) is 26.6 Å². The second kappa shape index (κ2) is 8.87. The lowest BCUT2D eigenvalue weighted by molar-refractivity contribution is -0.114. The molecule has 1 aliphatic heterocycles. The van der Waals surface area contributed by atoms with Gasteiger partial charge in [-0.1, -0.05) is 25.0 Å². The van der Waals surface area contributed by atoms with E-state index in [0.29, 0.717) is 12.0 Å². The number of amides is 1. The van der Waals surface area contributed by atoms with Crippen molar-refractivity contribution in [2.75, 3.05) is 25.5 Å². The van der Waals surface area contributed by atoms with Crippen LogP contribution in [-0.4, -0.2) is 36.9 Å². The molecule has 0 aromatic heterocycles. The molecule has 5 nitrogen and oxygen atoms in total. The first-order chi connectivity index (χ1) is 11.6. The van der Waals surface area contributed by atoms with Crippen LogP contribution in [0.4, 0.5) is 5.69 Å². The number of carbonyl (C=O) groups is 1. The van der Waals surface area contributed by atoms with Gasteiger partial charge >= 0.3 is 0 Å². The van der Waals surface area contributed by atoms with E-state index >= 15 is 0 Å². The first kappa shape index (κ1) is 20.0. The van der Waals surface area contributed by atoms with Crippen LogP contribution in [0.15, 0.2) is 29.3 Å². The van der Waals surface area contributed by atoms with Crippen LogP contribution in [0, 0.1) is 5.41 Å². The fourth-order valence-corrected chi connectivity index (χ4v) is 4.12. The third-order valence-corrected chi connectivity index (χ3v) is 5.31. The van der Waals surface area contributed by atoms with E-state index in [1.54, 1.807) is 0 Å². The molecule has 2 aliphatic rings. The molecule has 1 aromatic rings. The predicted molar refractivity (Wildman–Crippen MR) is 113 cm³/mol. The summed E-state index contributed by atoms with van der Waals surface area (Å²) < 4.78 is 0. The van der Waals surface area contributed by atoms with Gasteiger partial charge in [-0.2, -0.15) is 0 Å². The zero-order valence-corrected chi connectivity index (χ0v) is 17.5. The van der Waals surface area contributed by atoms with Crippen LogP contribution >= 0.6 is 24.0 Å². The van der Waals surface area contributed by atoms with E-state index in [1.807, 2.05) is 25.2 Å². The van der Waals surface area contributed by atoms with Gasteiger partial charge in [0.05, 0.1) is 0 Å². The normalized spacial score (nSPS) is 19.0. The molecule has 1 heterocycles. The third-order valence-electron chi connectivity index (χ3n) is 5.31. The summed E-state index contributed by atoms with van der Waals surface area (Å²) in [5, 5.41) is 6.31. The molecule has 0 radical (unpaired) electrons. The third kappa shape index (κ3) is 5.09. The molecule has 1 aliphatic carbocycles. The molecule has 138 valence electrons. The number of nitrogens with zero attached hydrogens (tertiary/aromatic N) is 2. The zero-order chi connectivity index (χ0) is 17.0. The fraction of sp³-hybridized carbons (Fsp3) is 0.579. The number of hydrogen-bond donors (Lipinski definition) is 2. The van der Waals surface area contributed by atoms with Crippen LogP contribution in [0.3, 0.4) is 0 Å². The van der Waals surface area contributed by atoms with Crippen LogP contribution < -0.4 is 10.6 Å². The molecule has 0 atom stereocenters. The van der Waals surface area contributed by atoms with Gasteiger partial charge in [-0.15, -0.1) is 24.0 Å². The maximum Gasteiger partial charge on any atom is 0.221 e. The number of aliphatic imine (C=N–C) groups is 1. The number of benzene rings is 1. The lowest BCUT2D eigenvalue weighted by Crippen LogP contribution is -2.40. The summed E-state index contributed by atoms with van der Waals surface area (Å²) in [7, 11) is 1.86. The highest BCUT2D eigenvalue weighted by atomic mass is 127. The predicted octanol–water partition coefficient (Wildman–Crippen LogP) is 3.60. The van der Waals surface area contributed by atoms with Crippen LogP contribution in [0.25, 0.3) is 0 Å². The van der Waals surface area contributed by atoms with Crippen molar-refractivity contribution >= 4 is 41.5 Å². The number of likely N-dealkylation sites (tertiary alicyclic amines) is 1. The van der Waals surface area contributed by atoms with Crippen LogP contribution in [0.5, 0.6) is 0 Å². The first-order valence-electron chi connectivity index (χ1n) is 8.92. The summed E-state index contributed by atoms with van der Waals surface area (Å²) in [6.45, 7) is 4.48. The van der Waals surface area contributed by atoms with Crippen molar-refractivity contribution in [3.63, 3.8) is 0 Å². The molecule has 1 spiro atoms. The maximum atomic E-state index is 11.2. The van der Waals surface area contributed by atoms with Gasteiger partial charge in [0.15, 0.2) is 5.96 Å². The van der Waals surface area contributed by atoms with Gasteiger partial charge in [0.1, 0.15) is 0 Å². The van der Waals surface area contributed by atoms with Gasteiger partial charge in [0.2, 0.25) is 5.91 Å². The van der Waals surface area contributed by atoms with Crippen molar-refractivity contribution < 1.29 is 4.79 Å². The highest BCUT2D eigenvalue weighted by molar-refractivity contribution is 14.0. The first-order valence-corrected chi connectivity index (χ1v) is 8.92. The van der Waals surface area contributed by atoms with Crippen molar-refractivity contribution in [3.8, 4) is 0 Å². The monoisotopic (exact) mass is 456 g/mol. The Morgan fingerprint density at radius 1 is 1.28 bits per heavy atom. The molecule has 1 saturated heterocycles. The molecular weight excluding hydrogens is 427 g/mol. The van der Waals surface area contributed by atoms with E-state index in [9.17, 15) is 4.79 Å². The number of hydrogen-bond acceptors (Lipinski definition) is 2. The average molecular weight is 456 g/mol. The summed E-state index contributed by atoms with van der Waals surface area (Å²) >= 11 is 0. The highest BCUT2D eigenvalue weighted by Crippen LogP contribution is 2.45. The Bertz CT molecular complexity index is 626. The molecule has 2 fully saturated rings. The van der Waals surface area contributed by atoms with Gasteiger partial charge in [-0.05, 0) is 42.4 Å². The minimum absolute atomic E-state index is 0. The molecule has 1 saturated carbocycles. The van der Waals surface area contributed by atoms with Crippen molar-refractivity contribution in [3.05, 3.63) is 29.8 Å². The summed E-state index contributed by atoms with van der Waals surface area (Å²) in [6, 6.07) is 7.94. The van der Waals surface area contributed by atoms with Crippen molar-refractivity contribution in [2.45, 2.75) is 45.6 Å². The van der Waals surface area contributed by atoms with Crippen molar-refractivity contribution in [2.24, 2.45) is 10.4 Å². The smallest absolute Gasteiger partial charge is 0.221 e. The standard InChI is InChI=1S/C19H28N4O.HI/c1-15(24)22-17-7-5-6-16(12-17)13-21-18(20-2)23-11-10-19(14-23)8-3-4-9-19;/h5-7,12H,3-4,8-11,13-14H2,1-2H3,(H,20,21)(H,22,24);1H. The molecule has 3 rings (SSSR count). The molecule has 1 aromatic carbocycles. The number of carbonyl (C=O) groups excluding carboxylic acids is 1. The number of anilines is 1. The van der Waals surface area contributed by atoms with E-state index in [1.165, 1.54) is 39.0 Å². The minimum atomic E-state index is -0.0464. The molecule has 25 heavy (non-hydrogen) atoms. The van der Waals surface area contributed by atoms with E-state index in [4.69, 9.17) is 0 Å². The largest absolute Gasteiger partial charge is 0.352 e. The molecule has 1 amide bonds. The van der Waals surface area contributed by atoms with Gasteiger partial charge in [0, 0.05) is 39.3 Å². The summed E-state index contributed by atoms with van der Waals surface area (Å²) in [5.41, 5.74) is 2.52. The Hall–Kier alpha value is -1.31. The van der Waals surface area contributed by atoms with Gasteiger partial charge < -0.3 is 15.5 Å². The number of guanidine groups is 1. The molecule has 0 unspecified atom stereocenters. The highest BCUT2D eigenvalue weighted by Gasteiger charge is 2.40. The Labute approximate surface area is 167 Å². The van der Waals surface area contributed by atoms with Crippen LogP contribution in [-0.2, 0) is 11.3 Å². The maximum absolute atomic E-state index is 11.2. The summed E-state index contributed by atoms with van der Waals surface area (Å²) in [6.07, 6.45) is 6.82. The molecule has 6 heteroatoms. The fourth-order valence-electron chi connectivity index (χ4n) is 4.12. The quantitative estimate of drug-likeness (QED) is 0.415. The second-order valence-electron chi connectivity index (χ2n) is 7.16. The van der Waals surface area contributed by atoms with Gasteiger partial charge in [0.25, 0.3) is 0 Å². The van der Waals surface area contributed by atoms with E-state index in [0.717, 1.165) is 30.3 Å². The number of halogens is 1. The van der Waals surface area contributed by atoms with Gasteiger partial charge in [-0.25, -0.2) is 0 Å². The minimum Gasteiger partial charge on any atom is -0.352 e. The summed E-state index contributed by atoms with van der Waals surface area (Å²) in [5.74, 6) is 0.943. The number of rotatable bonds is 3. The average Bonchev–Trinajstić information content (AvgIpc) is 3.18. The SMILES string of the molecule is CN=C(NCc1cccc(NC(C)=O)c1)N1CCC2(CCCC2)C1.I. The Kier molecular flexibility index (Phi) is 7.10. The van der Waals surface area contributed by atoms with E-state index in [-0.39, 0.29) is 29.9 Å². The van der Waals surface area contributed by atoms with Gasteiger partial charge in [-0.3, -0.25) is 9.79 Å². The zero-order valence-electron chi connectivity index (χ0n) is 15.2. The van der Waals surface area contributed by atoms with E-state index < -0.39 is 0 Å². The molecular formula is C19H29IN4O. The van der Waals surface area contributed by atoms with Crippen molar-refractivity contribution in [1.82, 2.24) is 10.2 Å². The number of nitrogens with one attached hydrogen (secondary N) is 2. The topological polar surface area (TPSA) is 56.7 Å². The van der Waals surface area contributed by atoms with Crippen molar-refractivity contribution in [1.29, 1.82) is 0 Å². The molecule has 0 bridgehead atoms. The lowest BCUT2D eigenvalue weighted by atomic mass is 9.86. The second-order valence-corrected chi connectivity index (χ2v) is 7.16. The lowest BCUT2D eigenvalue weighted by Gasteiger charge is -2.26.